The second kappa shape index (κ2) is 5.92. The van der Waals surface area contributed by atoms with Gasteiger partial charge in [0, 0.05) is 18.2 Å². The van der Waals surface area contributed by atoms with Gasteiger partial charge in [0.1, 0.15) is 0 Å². The van der Waals surface area contributed by atoms with Gasteiger partial charge in [-0.05, 0) is 18.1 Å². The fourth-order valence-electron chi connectivity index (χ4n) is 1.76. The second-order valence-corrected chi connectivity index (χ2v) is 6.02. The maximum absolute atomic E-state index is 11.8. The highest BCUT2D eigenvalue weighted by Crippen LogP contribution is 2.27. The van der Waals surface area contributed by atoms with Gasteiger partial charge in [-0.15, -0.1) is 0 Å². The van der Waals surface area contributed by atoms with Crippen molar-refractivity contribution in [2.24, 2.45) is 11.8 Å². The number of carbonyl (C=O) groups is 1. The summed E-state index contributed by atoms with van der Waals surface area (Å²) < 4.78 is 0. The number of hydrogen-bond donors (Lipinski definition) is 2. The van der Waals surface area contributed by atoms with Crippen LogP contribution in [0.15, 0.2) is 0 Å². The largest absolute Gasteiger partial charge is 0.387 e. The lowest BCUT2D eigenvalue weighted by Crippen LogP contribution is -2.45. The minimum absolute atomic E-state index is 0.0302. The smallest absolute Gasteiger partial charge is 0.223 e. The molecule has 0 bridgehead atoms. The number of thioether (sulfide) groups is 1. The molecule has 1 fully saturated rings. The first-order chi connectivity index (χ1) is 7.48. The van der Waals surface area contributed by atoms with E-state index in [2.05, 4.69) is 19.2 Å². The zero-order chi connectivity index (χ0) is 12.2. The maximum Gasteiger partial charge on any atom is 0.223 e. The average Bonchev–Trinajstić information content (AvgIpc) is 2.71. The quantitative estimate of drug-likeness (QED) is 0.774. The van der Waals surface area contributed by atoms with Crippen LogP contribution in [0.25, 0.3) is 0 Å². The minimum Gasteiger partial charge on any atom is -0.387 e. The van der Waals surface area contributed by atoms with Gasteiger partial charge in [0.2, 0.25) is 5.91 Å². The molecule has 1 aliphatic rings. The summed E-state index contributed by atoms with van der Waals surface area (Å²) in [4.78, 5) is 11.8. The Labute approximate surface area is 102 Å². The van der Waals surface area contributed by atoms with Crippen LogP contribution in [0.5, 0.6) is 0 Å². The monoisotopic (exact) mass is 245 g/mol. The highest BCUT2D eigenvalue weighted by molar-refractivity contribution is 7.99. The van der Waals surface area contributed by atoms with Gasteiger partial charge in [-0.1, -0.05) is 27.2 Å². The van der Waals surface area contributed by atoms with E-state index in [4.69, 9.17) is 0 Å². The summed E-state index contributed by atoms with van der Waals surface area (Å²) in [7, 11) is 0. The molecule has 0 radical (unpaired) electrons. The number of rotatable bonds is 5. The lowest BCUT2D eigenvalue weighted by atomic mass is 9.92. The van der Waals surface area contributed by atoms with Crippen molar-refractivity contribution in [3.8, 4) is 0 Å². The molecular formula is C12H23NO2S. The van der Waals surface area contributed by atoms with Crippen molar-refractivity contribution in [3.05, 3.63) is 0 Å². The van der Waals surface area contributed by atoms with Gasteiger partial charge in [0.15, 0.2) is 0 Å². The maximum atomic E-state index is 11.8. The molecular weight excluding hydrogens is 222 g/mol. The fraction of sp³-hybridized carbons (Fsp3) is 0.917. The summed E-state index contributed by atoms with van der Waals surface area (Å²) in [5, 5.41) is 13.0. The SMILES string of the molecule is CCC(C)C(C)C(=O)NCC1(O)CCSC1. The molecule has 1 rings (SSSR count). The number of amides is 1. The first-order valence-corrected chi connectivity index (χ1v) is 7.22. The molecule has 1 heterocycles. The van der Waals surface area contributed by atoms with Crippen molar-refractivity contribution < 1.29 is 9.90 Å². The Bertz CT molecular complexity index is 239. The van der Waals surface area contributed by atoms with Crippen LogP contribution in [0.3, 0.4) is 0 Å². The van der Waals surface area contributed by atoms with E-state index in [-0.39, 0.29) is 11.8 Å². The standard InChI is InChI=1S/C12H23NO2S/c1-4-9(2)10(3)11(14)13-7-12(15)5-6-16-8-12/h9-10,15H,4-8H2,1-3H3,(H,13,14). The van der Waals surface area contributed by atoms with Gasteiger partial charge in [0.05, 0.1) is 5.60 Å². The van der Waals surface area contributed by atoms with Crippen molar-refractivity contribution in [2.45, 2.75) is 39.2 Å². The molecule has 94 valence electrons. The summed E-state index contributed by atoms with van der Waals surface area (Å²) in [6.45, 7) is 6.54. The predicted octanol–water partition coefficient (Wildman–Crippen LogP) is 1.65. The number of nitrogens with one attached hydrogen (secondary N) is 1. The van der Waals surface area contributed by atoms with Gasteiger partial charge >= 0.3 is 0 Å². The highest BCUT2D eigenvalue weighted by Gasteiger charge is 2.32. The van der Waals surface area contributed by atoms with Gasteiger partial charge in [0.25, 0.3) is 0 Å². The molecule has 2 N–H and O–H groups in total. The third kappa shape index (κ3) is 3.67. The van der Waals surface area contributed by atoms with Crippen LogP contribution in [0, 0.1) is 11.8 Å². The average molecular weight is 245 g/mol. The molecule has 1 saturated heterocycles. The van der Waals surface area contributed by atoms with E-state index in [1.165, 1.54) is 0 Å². The van der Waals surface area contributed by atoms with Crippen LogP contribution in [0.2, 0.25) is 0 Å². The number of aliphatic hydroxyl groups is 1. The first-order valence-electron chi connectivity index (χ1n) is 6.06. The summed E-state index contributed by atoms with van der Waals surface area (Å²) in [6, 6.07) is 0. The second-order valence-electron chi connectivity index (χ2n) is 4.92. The summed E-state index contributed by atoms with van der Waals surface area (Å²) in [5.74, 6) is 2.23. The van der Waals surface area contributed by atoms with Crippen molar-refractivity contribution >= 4 is 17.7 Å². The third-order valence-electron chi connectivity index (χ3n) is 3.59. The predicted molar refractivity (Wildman–Crippen MR) is 68.5 cm³/mol. The molecule has 4 heteroatoms. The van der Waals surface area contributed by atoms with Gasteiger partial charge < -0.3 is 10.4 Å². The Kier molecular flexibility index (Phi) is 5.12. The molecule has 16 heavy (non-hydrogen) atoms. The van der Waals surface area contributed by atoms with Crippen LogP contribution in [0.4, 0.5) is 0 Å². The molecule has 0 aliphatic carbocycles. The van der Waals surface area contributed by atoms with Crippen molar-refractivity contribution in [2.75, 3.05) is 18.1 Å². The zero-order valence-electron chi connectivity index (χ0n) is 10.5. The lowest BCUT2D eigenvalue weighted by Gasteiger charge is -2.24. The summed E-state index contributed by atoms with van der Waals surface area (Å²) in [5.41, 5.74) is -0.671. The van der Waals surface area contributed by atoms with Crippen molar-refractivity contribution in [1.29, 1.82) is 0 Å². The van der Waals surface area contributed by atoms with Crippen LogP contribution in [-0.2, 0) is 4.79 Å². The number of carbonyl (C=O) groups excluding carboxylic acids is 1. The van der Waals surface area contributed by atoms with Gasteiger partial charge in [-0.3, -0.25) is 4.79 Å². The van der Waals surface area contributed by atoms with E-state index >= 15 is 0 Å². The van der Waals surface area contributed by atoms with E-state index < -0.39 is 5.60 Å². The molecule has 1 amide bonds. The molecule has 0 aromatic rings. The fourth-order valence-corrected chi connectivity index (χ4v) is 3.06. The topological polar surface area (TPSA) is 49.3 Å². The Morgan fingerprint density at radius 1 is 1.56 bits per heavy atom. The highest BCUT2D eigenvalue weighted by atomic mass is 32.2. The molecule has 3 atom stereocenters. The molecule has 0 aromatic carbocycles. The molecule has 0 saturated carbocycles. The Morgan fingerprint density at radius 2 is 2.25 bits per heavy atom. The third-order valence-corrected chi connectivity index (χ3v) is 4.82. The summed E-state index contributed by atoms with van der Waals surface area (Å²) in [6.07, 6.45) is 1.80. The van der Waals surface area contributed by atoms with Crippen LogP contribution < -0.4 is 5.32 Å². The Hall–Kier alpha value is -0.220. The molecule has 0 aromatic heterocycles. The van der Waals surface area contributed by atoms with Gasteiger partial charge in [-0.25, -0.2) is 0 Å². The summed E-state index contributed by atoms with van der Waals surface area (Å²) >= 11 is 1.75. The van der Waals surface area contributed by atoms with Crippen LogP contribution in [0.1, 0.15) is 33.6 Å². The van der Waals surface area contributed by atoms with E-state index in [9.17, 15) is 9.90 Å². The molecule has 0 spiro atoms. The minimum atomic E-state index is -0.671. The Balaban J connectivity index is 2.34. The van der Waals surface area contributed by atoms with Crippen LogP contribution in [-0.4, -0.2) is 34.7 Å². The molecule has 3 unspecified atom stereocenters. The lowest BCUT2D eigenvalue weighted by molar-refractivity contribution is -0.127. The Morgan fingerprint density at radius 3 is 2.75 bits per heavy atom. The van der Waals surface area contributed by atoms with E-state index in [0.717, 1.165) is 24.3 Å². The van der Waals surface area contributed by atoms with Crippen molar-refractivity contribution in [3.63, 3.8) is 0 Å². The normalized spacial score (nSPS) is 28.8. The molecule has 1 aliphatic heterocycles. The van der Waals surface area contributed by atoms with Crippen molar-refractivity contribution in [1.82, 2.24) is 5.32 Å². The van der Waals surface area contributed by atoms with Gasteiger partial charge in [-0.2, -0.15) is 11.8 Å². The van der Waals surface area contributed by atoms with E-state index in [1.54, 1.807) is 11.8 Å². The zero-order valence-corrected chi connectivity index (χ0v) is 11.3. The number of hydrogen-bond acceptors (Lipinski definition) is 3. The first kappa shape index (κ1) is 13.8. The van der Waals surface area contributed by atoms with E-state index in [0.29, 0.717) is 12.5 Å². The molecule has 3 nitrogen and oxygen atoms in total. The van der Waals surface area contributed by atoms with Crippen LogP contribution >= 0.6 is 11.8 Å². The van der Waals surface area contributed by atoms with E-state index in [1.807, 2.05) is 6.92 Å².